The van der Waals surface area contributed by atoms with Crippen LogP contribution in [0.2, 0.25) is 5.02 Å². The van der Waals surface area contributed by atoms with E-state index in [1.165, 1.54) is 11.3 Å². The van der Waals surface area contributed by atoms with Gasteiger partial charge in [0.1, 0.15) is 0 Å². The summed E-state index contributed by atoms with van der Waals surface area (Å²) in [5, 5.41) is 8.69. The number of nitrogens with zero attached hydrogens (tertiary/aromatic N) is 2. The van der Waals surface area contributed by atoms with Gasteiger partial charge in [0, 0.05) is 30.0 Å². The first kappa shape index (κ1) is 16.1. The highest BCUT2D eigenvalue weighted by molar-refractivity contribution is 6.30. The normalized spacial score (nSPS) is 12.5. The van der Waals surface area contributed by atoms with E-state index in [9.17, 15) is 0 Å². The predicted molar refractivity (Wildman–Crippen MR) is 88.8 cm³/mol. The fourth-order valence-corrected chi connectivity index (χ4v) is 2.75. The van der Waals surface area contributed by atoms with Crippen LogP contribution in [0, 0.1) is 0 Å². The predicted octanol–water partition coefficient (Wildman–Crippen LogP) is 3.62. The molecule has 1 aromatic carbocycles. The van der Waals surface area contributed by atoms with Gasteiger partial charge in [0.2, 0.25) is 0 Å². The van der Waals surface area contributed by atoms with Gasteiger partial charge < -0.3 is 5.32 Å². The Morgan fingerprint density at radius 1 is 1.33 bits per heavy atom. The monoisotopic (exact) mass is 305 g/mol. The Labute approximate surface area is 132 Å². The Bertz CT molecular complexity index is 550. The fraction of sp³-hybridized carbons (Fsp3) is 0.471. The highest BCUT2D eigenvalue weighted by Gasteiger charge is 2.10. The zero-order chi connectivity index (χ0) is 15.1. The Morgan fingerprint density at radius 3 is 2.86 bits per heavy atom. The quantitative estimate of drug-likeness (QED) is 0.807. The van der Waals surface area contributed by atoms with Crippen LogP contribution >= 0.6 is 11.6 Å². The maximum absolute atomic E-state index is 6.08. The Kier molecular flexibility index (Phi) is 6.27. The van der Waals surface area contributed by atoms with Gasteiger partial charge in [-0.05, 0) is 56.0 Å². The molecule has 3 nitrogen and oxygen atoms in total. The summed E-state index contributed by atoms with van der Waals surface area (Å²) in [6.07, 6.45) is 6.17. The van der Waals surface area contributed by atoms with Gasteiger partial charge in [0.15, 0.2) is 0 Å². The summed E-state index contributed by atoms with van der Waals surface area (Å²) in [7, 11) is 2.00. The third kappa shape index (κ3) is 5.18. The minimum atomic E-state index is 0.471. The van der Waals surface area contributed by atoms with Crippen molar-refractivity contribution in [3.8, 4) is 0 Å². The lowest BCUT2D eigenvalue weighted by atomic mass is 10.0. The average Bonchev–Trinajstić information content (AvgIpc) is 2.87. The molecule has 1 N–H and O–H groups in total. The van der Waals surface area contributed by atoms with Gasteiger partial charge in [-0.2, -0.15) is 5.10 Å². The SMILES string of the molecule is CCCNC(CCc1ccnn1C)Cc1cccc(Cl)c1. The van der Waals surface area contributed by atoms with Crippen molar-refractivity contribution in [2.24, 2.45) is 7.05 Å². The summed E-state index contributed by atoms with van der Waals surface area (Å²) >= 11 is 6.08. The van der Waals surface area contributed by atoms with Crippen molar-refractivity contribution in [1.29, 1.82) is 0 Å². The van der Waals surface area contributed by atoms with E-state index >= 15 is 0 Å². The van der Waals surface area contributed by atoms with Crippen molar-refractivity contribution in [1.82, 2.24) is 15.1 Å². The van der Waals surface area contributed by atoms with Crippen LogP contribution in [-0.2, 0) is 19.9 Å². The van der Waals surface area contributed by atoms with E-state index in [1.807, 2.05) is 30.1 Å². The zero-order valence-electron chi connectivity index (χ0n) is 12.8. The first-order valence-electron chi connectivity index (χ1n) is 7.63. The number of aromatic nitrogens is 2. The number of rotatable bonds is 8. The summed E-state index contributed by atoms with van der Waals surface area (Å²) < 4.78 is 1.95. The molecule has 0 radical (unpaired) electrons. The number of aryl methyl sites for hydroxylation is 2. The van der Waals surface area contributed by atoms with Crippen LogP contribution in [0.1, 0.15) is 31.0 Å². The molecule has 0 amide bonds. The molecule has 0 aliphatic heterocycles. The molecule has 2 rings (SSSR count). The number of hydrogen-bond donors (Lipinski definition) is 1. The van der Waals surface area contributed by atoms with Crippen LogP contribution in [0.4, 0.5) is 0 Å². The lowest BCUT2D eigenvalue weighted by molar-refractivity contribution is 0.471. The van der Waals surface area contributed by atoms with Gasteiger partial charge in [0.25, 0.3) is 0 Å². The third-order valence-electron chi connectivity index (χ3n) is 3.73. The molecule has 0 spiro atoms. The lowest BCUT2D eigenvalue weighted by Crippen LogP contribution is -2.32. The van der Waals surface area contributed by atoms with Gasteiger partial charge >= 0.3 is 0 Å². The van der Waals surface area contributed by atoms with Gasteiger partial charge in [0.05, 0.1) is 0 Å². The molecule has 21 heavy (non-hydrogen) atoms. The molecule has 0 aliphatic carbocycles. The molecule has 0 saturated heterocycles. The molecular formula is C17H24ClN3. The zero-order valence-corrected chi connectivity index (χ0v) is 13.6. The second kappa shape index (κ2) is 8.20. The van der Waals surface area contributed by atoms with Crippen LogP contribution in [0.5, 0.6) is 0 Å². The minimum absolute atomic E-state index is 0.471. The van der Waals surface area contributed by atoms with E-state index in [0.717, 1.165) is 37.3 Å². The van der Waals surface area contributed by atoms with E-state index in [-0.39, 0.29) is 0 Å². The summed E-state index contributed by atoms with van der Waals surface area (Å²) in [6, 6.07) is 10.7. The highest BCUT2D eigenvalue weighted by atomic mass is 35.5. The first-order chi connectivity index (χ1) is 10.2. The first-order valence-corrected chi connectivity index (χ1v) is 8.01. The molecule has 0 aliphatic rings. The van der Waals surface area contributed by atoms with E-state index in [2.05, 4.69) is 35.5 Å². The summed E-state index contributed by atoms with van der Waals surface area (Å²) in [5.74, 6) is 0. The van der Waals surface area contributed by atoms with E-state index in [4.69, 9.17) is 11.6 Å². The van der Waals surface area contributed by atoms with Gasteiger partial charge in [-0.25, -0.2) is 0 Å². The molecule has 114 valence electrons. The van der Waals surface area contributed by atoms with Crippen LogP contribution in [0.15, 0.2) is 36.5 Å². The second-order valence-corrected chi connectivity index (χ2v) is 5.91. The largest absolute Gasteiger partial charge is 0.314 e. The average molecular weight is 306 g/mol. The van der Waals surface area contributed by atoms with Crippen molar-refractivity contribution >= 4 is 11.6 Å². The molecule has 1 atom stereocenters. The van der Waals surface area contributed by atoms with Crippen LogP contribution in [0.3, 0.4) is 0 Å². The van der Waals surface area contributed by atoms with Crippen molar-refractivity contribution in [2.75, 3.05) is 6.54 Å². The standard InChI is InChI=1S/C17H24ClN3/c1-3-10-19-16(7-8-17-9-11-20-21(17)2)13-14-5-4-6-15(18)12-14/h4-6,9,11-12,16,19H,3,7-8,10,13H2,1-2H3. The van der Waals surface area contributed by atoms with Crippen molar-refractivity contribution < 1.29 is 0 Å². The molecule has 0 bridgehead atoms. The molecular weight excluding hydrogens is 282 g/mol. The summed E-state index contributed by atoms with van der Waals surface area (Å²) in [4.78, 5) is 0. The number of halogens is 1. The van der Waals surface area contributed by atoms with E-state index in [1.54, 1.807) is 0 Å². The van der Waals surface area contributed by atoms with E-state index < -0.39 is 0 Å². The van der Waals surface area contributed by atoms with Crippen LogP contribution in [0.25, 0.3) is 0 Å². The number of nitrogens with one attached hydrogen (secondary N) is 1. The van der Waals surface area contributed by atoms with Gasteiger partial charge in [-0.1, -0.05) is 30.7 Å². The van der Waals surface area contributed by atoms with Gasteiger partial charge in [-0.15, -0.1) is 0 Å². The minimum Gasteiger partial charge on any atom is -0.314 e. The Balaban J connectivity index is 1.95. The van der Waals surface area contributed by atoms with Crippen LogP contribution in [-0.4, -0.2) is 22.4 Å². The summed E-state index contributed by atoms with van der Waals surface area (Å²) in [5.41, 5.74) is 2.57. The topological polar surface area (TPSA) is 29.9 Å². The van der Waals surface area contributed by atoms with Crippen molar-refractivity contribution in [2.45, 2.75) is 38.6 Å². The Morgan fingerprint density at radius 2 is 2.19 bits per heavy atom. The molecule has 1 aromatic heterocycles. The van der Waals surface area contributed by atoms with Crippen molar-refractivity contribution in [3.05, 3.63) is 52.8 Å². The Hall–Kier alpha value is -1.32. The number of hydrogen-bond acceptors (Lipinski definition) is 2. The molecule has 0 fully saturated rings. The molecule has 1 heterocycles. The molecule has 4 heteroatoms. The number of benzene rings is 1. The lowest BCUT2D eigenvalue weighted by Gasteiger charge is -2.19. The smallest absolute Gasteiger partial charge is 0.0492 e. The maximum atomic E-state index is 6.08. The van der Waals surface area contributed by atoms with Crippen molar-refractivity contribution in [3.63, 3.8) is 0 Å². The summed E-state index contributed by atoms with van der Waals surface area (Å²) in [6.45, 7) is 3.25. The molecule has 2 aromatic rings. The highest BCUT2D eigenvalue weighted by Crippen LogP contribution is 2.14. The third-order valence-corrected chi connectivity index (χ3v) is 3.96. The fourth-order valence-electron chi connectivity index (χ4n) is 2.54. The van der Waals surface area contributed by atoms with Crippen LogP contribution < -0.4 is 5.32 Å². The molecule has 0 saturated carbocycles. The second-order valence-electron chi connectivity index (χ2n) is 5.47. The molecule has 1 unspecified atom stereocenters. The van der Waals surface area contributed by atoms with E-state index in [0.29, 0.717) is 6.04 Å². The van der Waals surface area contributed by atoms with Gasteiger partial charge in [-0.3, -0.25) is 4.68 Å². The maximum Gasteiger partial charge on any atom is 0.0492 e.